The molecule has 1 heterocycles. The molecule has 1 aliphatic rings. The zero-order valence-corrected chi connectivity index (χ0v) is 8.13. The van der Waals surface area contributed by atoms with E-state index in [1.807, 2.05) is 0 Å². The second-order valence-electron chi connectivity index (χ2n) is 3.16. The van der Waals surface area contributed by atoms with E-state index in [1.54, 1.807) is 0 Å². The van der Waals surface area contributed by atoms with Gasteiger partial charge in [-0.3, -0.25) is 9.59 Å². The number of amides is 2. The summed E-state index contributed by atoms with van der Waals surface area (Å²) >= 11 is 1.10. The SMILES string of the molecule is NC(=O)c1cnc(NC(=O)C2CC2)s1. The van der Waals surface area contributed by atoms with Gasteiger partial charge in [0, 0.05) is 5.92 Å². The van der Waals surface area contributed by atoms with Crippen LogP contribution in [0.25, 0.3) is 0 Å². The molecule has 1 fully saturated rings. The van der Waals surface area contributed by atoms with Crippen molar-refractivity contribution in [1.29, 1.82) is 0 Å². The number of carbonyl (C=O) groups is 2. The molecule has 14 heavy (non-hydrogen) atoms. The zero-order valence-electron chi connectivity index (χ0n) is 7.32. The summed E-state index contributed by atoms with van der Waals surface area (Å²) in [6.07, 6.45) is 3.26. The molecule has 0 spiro atoms. The van der Waals surface area contributed by atoms with Crippen molar-refractivity contribution in [2.45, 2.75) is 12.8 Å². The van der Waals surface area contributed by atoms with Crippen molar-refractivity contribution in [2.75, 3.05) is 5.32 Å². The molecule has 2 amide bonds. The topological polar surface area (TPSA) is 85.1 Å². The normalized spacial score (nSPS) is 15.1. The molecule has 6 heteroatoms. The summed E-state index contributed by atoms with van der Waals surface area (Å²) in [5.74, 6) is -0.402. The molecular weight excluding hydrogens is 202 g/mol. The highest BCUT2D eigenvalue weighted by Gasteiger charge is 2.30. The third kappa shape index (κ3) is 1.90. The maximum Gasteiger partial charge on any atom is 0.260 e. The fraction of sp³-hybridized carbons (Fsp3) is 0.375. The Morgan fingerprint density at radius 3 is 2.79 bits per heavy atom. The van der Waals surface area contributed by atoms with Gasteiger partial charge in [0.25, 0.3) is 5.91 Å². The van der Waals surface area contributed by atoms with Gasteiger partial charge in [-0.2, -0.15) is 0 Å². The van der Waals surface area contributed by atoms with Gasteiger partial charge in [0.05, 0.1) is 6.20 Å². The van der Waals surface area contributed by atoms with Crippen LogP contribution in [0.4, 0.5) is 5.13 Å². The van der Waals surface area contributed by atoms with Crippen LogP contribution in [0.1, 0.15) is 22.5 Å². The van der Waals surface area contributed by atoms with Gasteiger partial charge in [-0.15, -0.1) is 0 Å². The minimum atomic E-state index is -0.519. The fourth-order valence-corrected chi connectivity index (χ4v) is 1.67. The third-order valence-electron chi connectivity index (χ3n) is 1.93. The average molecular weight is 211 g/mol. The van der Waals surface area contributed by atoms with E-state index in [0.717, 1.165) is 24.2 Å². The van der Waals surface area contributed by atoms with Gasteiger partial charge in [-0.25, -0.2) is 4.98 Å². The number of hydrogen-bond acceptors (Lipinski definition) is 4. The molecule has 0 saturated heterocycles. The van der Waals surface area contributed by atoms with E-state index in [9.17, 15) is 9.59 Å². The highest BCUT2D eigenvalue weighted by atomic mass is 32.1. The lowest BCUT2D eigenvalue weighted by Gasteiger charge is -1.96. The number of nitrogens with one attached hydrogen (secondary N) is 1. The number of nitrogens with two attached hydrogens (primary N) is 1. The van der Waals surface area contributed by atoms with Crippen molar-refractivity contribution in [3.05, 3.63) is 11.1 Å². The van der Waals surface area contributed by atoms with E-state index in [4.69, 9.17) is 5.73 Å². The van der Waals surface area contributed by atoms with Gasteiger partial charge in [0.2, 0.25) is 5.91 Å². The number of anilines is 1. The molecule has 74 valence electrons. The lowest BCUT2D eigenvalue weighted by molar-refractivity contribution is -0.117. The van der Waals surface area contributed by atoms with Gasteiger partial charge in [0.1, 0.15) is 4.88 Å². The molecule has 1 saturated carbocycles. The van der Waals surface area contributed by atoms with Crippen LogP contribution in [0, 0.1) is 5.92 Å². The lowest BCUT2D eigenvalue weighted by atomic mass is 10.4. The van der Waals surface area contributed by atoms with Crippen LogP contribution in [0.5, 0.6) is 0 Å². The molecule has 0 aromatic carbocycles. The monoisotopic (exact) mass is 211 g/mol. The van der Waals surface area contributed by atoms with Crippen LogP contribution in [0.3, 0.4) is 0 Å². The van der Waals surface area contributed by atoms with E-state index < -0.39 is 5.91 Å². The molecule has 0 bridgehead atoms. The molecule has 5 nitrogen and oxygen atoms in total. The standard InChI is InChI=1S/C8H9N3O2S/c9-6(12)5-3-10-8(14-5)11-7(13)4-1-2-4/h3-4H,1-2H2,(H2,9,12)(H,10,11,13). The summed E-state index contributed by atoms with van der Waals surface area (Å²) in [5, 5.41) is 3.08. The average Bonchev–Trinajstić information content (AvgIpc) is 2.87. The lowest BCUT2D eigenvalue weighted by Crippen LogP contribution is -2.12. The van der Waals surface area contributed by atoms with Crippen LogP contribution < -0.4 is 11.1 Å². The predicted octanol–water partition coefficient (Wildman–Crippen LogP) is 0.590. The Labute approximate surface area is 84.3 Å². The maximum atomic E-state index is 11.3. The van der Waals surface area contributed by atoms with Gasteiger partial charge < -0.3 is 11.1 Å². The first-order valence-corrected chi connectivity index (χ1v) is 5.05. The van der Waals surface area contributed by atoms with Crippen LogP contribution in [0.15, 0.2) is 6.20 Å². The second-order valence-corrected chi connectivity index (χ2v) is 4.19. The van der Waals surface area contributed by atoms with Crippen molar-refractivity contribution in [3.63, 3.8) is 0 Å². The van der Waals surface area contributed by atoms with E-state index in [-0.39, 0.29) is 11.8 Å². The van der Waals surface area contributed by atoms with Crippen molar-refractivity contribution < 1.29 is 9.59 Å². The number of aromatic nitrogens is 1. The van der Waals surface area contributed by atoms with Crippen molar-refractivity contribution >= 4 is 28.3 Å². The van der Waals surface area contributed by atoms with Crippen LogP contribution >= 0.6 is 11.3 Å². The molecule has 2 rings (SSSR count). The van der Waals surface area contributed by atoms with E-state index in [2.05, 4.69) is 10.3 Å². The van der Waals surface area contributed by atoms with E-state index in [0.29, 0.717) is 10.0 Å². The Morgan fingerprint density at radius 1 is 1.57 bits per heavy atom. The summed E-state index contributed by atoms with van der Waals surface area (Å²) < 4.78 is 0. The Kier molecular flexibility index (Phi) is 2.20. The maximum absolute atomic E-state index is 11.3. The molecule has 1 aromatic heterocycles. The third-order valence-corrected chi connectivity index (χ3v) is 2.85. The smallest absolute Gasteiger partial charge is 0.260 e. The Hall–Kier alpha value is -1.43. The van der Waals surface area contributed by atoms with Crippen molar-refractivity contribution in [3.8, 4) is 0 Å². The fourth-order valence-electron chi connectivity index (χ4n) is 0.999. The first-order valence-electron chi connectivity index (χ1n) is 4.23. The number of rotatable bonds is 3. The van der Waals surface area contributed by atoms with Crippen LogP contribution in [0.2, 0.25) is 0 Å². The van der Waals surface area contributed by atoms with Crippen molar-refractivity contribution in [2.24, 2.45) is 11.7 Å². The zero-order chi connectivity index (χ0) is 10.1. The van der Waals surface area contributed by atoms with Crippen LogP contribution in [-0.2, 0) is 4.79 Å². The highest BCUT2D eigenvalue weighted by Crippen LogP contribution is 2.30. The number of nitrogens with zero attached hydrogens (tertiary/aromatic N) is 1. The molecule has 1 aliphatic carbocycles. The summed E-state index contributed by atoms with van der Waals surface area (Å²) in [4.78, 5) is 26.3. The first-order chi connectivity index (χ1) is 6.66. The summed E-state index contributed by atoms with van der Waals surface area (Å²) in [7, 11) is 0. The highest BCUT2D eigenvalue weighted by molar-refractivity contribution is 7.17. The molecule has 3 N–H and O–H groups in total. The minimum Gasteiger partial charge on any atom is -0.365 e. The van der Waals surface area contributed by atoms with Gasteiger partial charge in [-0.05, 0) is 12.8 Å². The van der Waals surface area contributed by atoms with Gasteiger partial charge in [0.15, 0.2) is 5.13 Å². The Balaban J connectivity index is 2.02. The van der Waals surface area contributed by atoms with E-state index in [1.165, 1.54) is 6.20 Å². The molecule has 0 atom stereocenters. The Morgan fingerprint density at radius 2 is 2.29 bits per heavy atom. The summed E-state index contributed by atoms with van der Waals surface area (Å²) in [5.41, 5.74) is 5.05. The number of hydrogen-bond donors (Lipinski definition) is 2. The Bertz CT molecular complexity index is 384. The van der Waals surface area contributed by atoms with Gasteiger partial charge in [-0.1, -0.05) is 11.3 Å². The van der Waals surface area contributed by atoms with Crippen LogP contribution in [-0.4, -0.2) is 16.8 Å². The molecule has 0 radical (unpaired) electrons. The summed E-state index contributed by atoms with van der Waals surface area (Å²) in [6, 6.07) is 0. The summed E-state index contributed by atoms with van der Waals surface area (Å²) in [6.45, 7) is 0. The largest absolute Gasteiger partial charge is 0.365 e. The predicted molar refractivity (Wildman–Crippen MR) is 52.0 cm³/mol. The molecule has 1 aromatic rings. The van der Waals surface area contributed by atoms with Gasteiger partial charge >= 0.3 is 0 Å². The van der Waals surface area contributed by atoms with Crippen molar-refractivity contribution in [1.82, 2.24) is 4.98 Å². The first kappa shape index (κ1) is 9.14. The molecular formula is C8H9N3O2S. The second kappa shape index (κ2) is 3.38. The molecule has 0 unspecified atom stereocenters. The number of carbonyl (C=O) groups excluding carboxylic acids is 2. The quantitative estimate of drug-likeness (QED) is 0.767. The minimum absolute atomic E-state index is 0.0182. The number of thiazole rings is 1. The molecule has 0 aliphatic heterocycles. The van der Waals surface area contributed by atoms with E-state index >= 15 is 0 Å². The number of primary amides is 1.